The summed E-state index contributed by atoms with van der Waals surface area (Å²) in [5, 5.41) is 3.09. The minimum absolute atomic E-state index is 0.0727. The van der Waals surface area contributed by atoms with Crippen molar-refractivity contribution in [1.82, 2.24) is 4.90 Å². The van der Waals surface area contributed by atoms with Crippen LogP contribution >= 0.6 is 11.6 Å². The average Bonchev–Trinajstić information content (AvgIpc) is 2.83. The molecular weight excluding hydrogens is 434 g/mol. The van der Waals surface area contributed by atoms with Crippen molar-refractivity contribution in [2.24, 2.45) is 5.73 Å². The highest BCUT2D eigenvalue weighted by molar-refractivity contribution is 6.35. The molecule has 2 aliphatic heterocycles. The molecule has 1 amide bonds. The maximum Gasteiger partial charge on any atom is 0.248 e. The lowest BCUT2D eigenvalue weighted by Gasteiger charge is -2.41. The van der Waals surface area contributed by atoms with E-state index in [1.807, 2.05) is 30.3 Å². The zero-order valence-electron chi connectivity index (χ0n) is 19.0. The fourth-order valence-corrected chi connectivity index (χ4v) is 5.43. The summed E-state index contributed by atoms with van der Waals surface area (Å²) in [5.41, 5.74) is 9.65. The summed E-state index contributed by atoms with van der Waals surface area (Å²) in [6.45, 7) is 6.97. The van der Waals surface area contributed by atoms with Gasteiger partial charge in [-0.05, 0) is 66.6 Å². The lowest BCUT2D eigenvalue weighted by molar-refractivity contribution is 0.0255. The van der Waals surface area contributed by atoms with Gasteiger partial charge in [0.25, 0.3) is 0 Å². The van der Waals surface area contributed by atoms with E-state index in [1.165, 1.54) is 22.2 Å². The molecule has 2 atom stereocenters. The first-order valence-corrected chi connectivity index (χ1v) is 12.1. The van der Waals surface area contributed by atoms with Crippen molar-refractivity contribution < 1.29 is 9.53 Å². The molecule has 0 radical (unpaired) electrons. The fourth-order valence-electron chi connectivity index (χ4n) is 5.19. The summed E-state index contributed by atoms with van der Waals surface area (Å²) in [7, 11) is 0. The van der Waals surface area contributed by atoms with Gasteiger partial charge in [-0.15, -0.1) is 0 Å². The molecule has 5 nitrogen and oxygen atoms in total. The Kier molecular flexibility index (Phi) is 6.28. The summed E-state index contributed by atoms with van der Waals surface area (Å²) in [6, 6.07) is 18.9. The predicted molar refractivity (Wildman–Crippen MR) is 134 cm³/mol. The maximum absolute atomic E-state index is 11.5. The number of benzene rings is 3. The monoisotopic (exact) mass is 463 g/mol. The second kappa shape index (κ2) is 9.34. The van der Waals surface area contributed by atoms with Crippen molar-refractivity contribution in [3.63, 3.8) is 0 Å². The van der Waals surface area contributed by atoms with Crippen molar-refractivity contribution >= 4 is 34.0 Å². The van der Waals surface area contributed by atoms with Crippen LogP contribution in [0.15, 0.2) is 54.6 Å². The van der Waals surface area contributed by atoms with E-state index in [9.17, 15) is 4.79 Å². The van der Waals surface area contributed by atoms with Crippen LogP contribution in [0.3, 0.4) is 0 Å². The van der Waals surface area contributed by atoms with Crippen LogP contribution in [0.5, 0.6) is 0 Å². The van der Waals surface area contributed by atoms with E-state index in [0.717, 1.165) is 49.4 Å². The van der Waals surface area contributed by atoms with Gasteiger partial charge in [0.05, 0.1) is 12.7 Å². The van der Waals surface area contributed by atoms with E-state index in [-0.39, 0.29) is 12.0 Å². The molecule has 3 aromatic rings. The normalized spacial score (nSPS) is 21.2. The van der Waals surface area contributed by atoms with Crippen LogP contribution in [0, 0.1) is 0 Å². The van der Waals surface area contributed by atoms with Gasteiger partial charge in [0.1, 0.15) is 0 Å². The van der Waals surface area contributed by atoms with Crippen LogP contribution in [-0.2, 0) is 11.2 Å². The number of anilines is 1. The highest BCUT2D eigenvalue weighted by Crippen LogP contribution is 2.32. The molecule has 5 rings (SSSR count). The van der Waals surface area contributed by atoms with Crippen LogP contribution in [-0.4, -0.2) is 49.6 Å². The Morgan fingerprint density at radius 2 is 2.03 bits per heavy atom. The smallest absolute Gasteiger partial charge is 0.248 e. The topological polar surface area (TPSA) is 58.8 Å². The minimum Gasteiger partial charge on any atom is -0.373 e. The quantitative estimate of drug-likeness (QED) is 0.590. The number of carbonyl (C=O) groups excluding carboxylic acids is 1. The van der Waals surface area contributed by atoms with Crippen LogP contribution in [0.4, 0.5) is 5.69 Å². The van der Waals surface area contributed by atoms with Crippen LogP contribution in [0.1, 0.15) is 40.9 Å². The Morgan fingerprint density at radius 3 is 2.85 bits per heavy atom. The largest absolute Gasteiger partial charge is 0.373 e. The summed E-state index contributed by atoms with van der Waals surface area (Å²) < 4.78 is 6.11. The van der Waals surface area contributed by atoms with Crippen molar-refractivity contribution in [1.29, 1.82) is 0 Å². The Labute approximate surface area is 200 Å². The molecule has 172 valence electrons. The second-order valence-electron chi connectivity index (χ2n) is 9.15. The van der Waals surface area contributed by atoms with Gasteiger partial charge in [0, 0.05) is 53.9 Å². The highest BCUT2D eigenvalue weighted by atomic mass is 35.5. The van der Waals surface area contributed by atoms with Crippen LogP contribution in [0.25, 0.3) is 10.8 Å². The van der Waals surface area contributed by atoms with Gasteiger partial charge in [0.15, 0.2) is 0 Å². The number of nitrogens with zero attached hydrogens (tertiary/aromatic N) is 2. The molecule has 0 aliphatic carbocycles. The second-order valence-corrected chi connectivity index (χ2v) is 9.56. The van der Waals surface area contributed by atoms with Gasteiger partial charge in [-0.3, -0.25) is 9.69 Å². The molecule has 6 heteroatoms. The molecule has 0 unspecified atom stereocenters. The molecule has 2 heterocycles. The molecular formula is C27H30ClN3O2. The summed E-state index contributed by atoms with van der Waals surface area (Å²) >= 11 is 6.43. The highest BCUT2D eigenvalue weighted by Gasteiger charge is 2.27. The first-order chi connectivity index (χ1) is 16.0. The lowest BCUT2D eigenvalue weighted by Crippen LogP contribution is -2.52. The van der Waals surface area contributed by atoms with Crippen molar-refractivity contribution in [2.45, 2.75) is 31.9 Å². The molecule has 3 aromatic carbocycles. The number of fused-ring (bicyclic) bond motifs is 2. The Hall–Kier alpha value is -2.60. The molecule has 0 aromatic heterocycles. The summed E-state index contributed by atoms with van der Waals surface area (Å²) in [5.74, 6) is -0.374. The number of halogens is 1. The van der Waals surface area contributed by atoms with Gasteiger partial charge in [0.2, 0.25) is 5.91 Å². The van der Waals surface area contributed by atoms with E-state index in [0.29, 0.717) is 18.2 Å². The van der Waals surface area contributed by atoms with Gasteiger partial charge >= 0.3 is 0 Å². The van der Waals surface area contributed by atoms with Crippen LogP contribution < -0.4 is 10.6 Å². The number of nitrogens with two attached hydrogens (primary N) is 1. The third kappa shape index (κ3) is 4.58. The van der Waals surface area contributed by atoms with Crippen LogP contribution in [0.2, 0.25) is 5.02 Å². The predicted octanol–water partition coefficient (Wildman–Crippen LogP) is 4.81. The molecule has 0 bridgehead atoms. The number of primary amides is 1. The zero-order valence-corrected chi connectivity index (χ0v) is 19.7. The number of ether oxygens (including phenoxy) is 1. The number of hydrogen-bond acceptors (Lipinski definition) is 4. The van der Waals surface area contributed by atoms with Gasteiger partial charge in [-0.25, -0.2) is 0 Å². The molecule has 0 saturated carbocycles. The Balaban J connectivity index is 1.22. The number of piperazine rings is 1. The van der Waals surface area contributed by atoms with E-state index in [2.05, 4.69) is 41.0 Å². The number of rotatable bonds is 5. The summed E-state index contributed by atoms with van der Waals surface area (Å²) in [6.07, 6.45) is 1.85. The first kappa shape index (κ1) is 22.2. The molecule has 2 N–H and O–H groups in total. The Morgan fingerprint density at radius 1 is 1.15 bits per heavy atom. The summed E-state index contributed by atoms with van der Waals surface area (Å²) in [4.78, 5) is 16.5. The van der Waals surface area contributed by atoms with Gasteiger partial charge in [-0.2, -0.15) is 0 Å². The lowest BCUT2D eigenvalue weighted by atomic mass is 9.93. The zero-order chi connectivity index (χ0) is 22.9. The van der Waals surface area contributed by atoms with Gasteiger partial charge in [-0.1, -0.05) is 35.9 Å². The molecule has 33 heavy (non-hydrogen) atoms. The SMILES string of the molecule is C[C@@H]1CN(c2ccc3cccc(Cl)c3c2)CCN1CC[C@@H]1OCCc2cc(C(N)=O)ccc21. The third-order valence-corrected chi connectivity index (χ3v) is 7.42. The van der Waals surface area contributed by atoms with E-state index >= 15 is 0 Å². The van der Waals surface area contributed by atoms with Crippen molar-refractivity contribution in [3.8, 4) is 0 Å². The number of hydrogen-bond donors (Lipinski definition) is 1. The Bertz CT molecular complexity index is 1180. The molecule has 2 aliphatic rings. The van der Waals surface area contributed by atoms with E-state index in [1.54, 1.807) is 0 Å². The molecule has 0 spiro atoms. The average molecular weight is 464 g/mol. The van der Waals surface area contributed by atoms with E-state index in [4.69, 9.17) is 22.1 Å². The maximum atomic E-state index is 11.5. The molecule has 1 fully saturated rings. The first-order valence-electron chi connectivity index (χ1n) is 11.7. The third-order valence-electron chi connectivity index (χ3n) is 7.09. The number of amides is 1. The van der Waals surface area contributed by atoms with Gasteiger partial charge < -0.3 is 15.4 Å². The van der Waals surface area contributed by atoms with Crippen molar-refractivity contribution in [2.75, 3.05) is 37.7 Å². The van der Waals surface area contributed by atoms with E-state index < -0.39 is 0 Å². The molecule has 1 saturated heterocycles. The minimum atomic E-state index is -0.374. The standard InChI is InChI=1S/C27H30ClN3O2/c1-18-17-31(22-7-5-19-3-2-4-25(28)24(19)16-22)13-12-30(18)11-9-26-23-8-6-21(27(29)32)15-20(23)10-14-33-26/h2-8,15-16,18,26H,9-14,17H2,1H3,(H2,29,32)/t18-,26+/m1/s1. The van der Waals surface area contributed by atoms with Crippen molar-refractivity contribution in [3.05, 3.63) is 76.3 Å². The number of carbonyl (C=O) groups is 1. The fraction of sp³-hybridized carbons (Fsp3) is 0.370.